The summed E-state index contributed by atoms with van der Waals surface area (Å²) >= 11 is 0. The molecule has 1 aromatic heterocycles. The van der Waals surface area contributed by atoms with Crippen LogP contribution in [0.3, 0.4) is 0 Å². The van der Waals surface area contributed by atoms with Gasteiger partial charge in [-0.25, -0.2) is 0 Å². The van der Waals surface area contributed by atoms with Crippen LogP contribution in [0.2, 0.25) is 0 Å². The van der Waals surface area contributed by atoms with Crippen molar-refractivity contribution in [1.82, 2.24) is 4.98 Å². The molecule has 0 atom stereocenters. The maximum absolute atomic E-state index is 4.06. The van der Waals surface area contributed by atoms with Crippen LogP contribution in [0.25, 0.3) is 0 Å². The Morgan fingerprint density at radius 2 is 2.33 bits per heavy atom. The number of aromatic nitrogens is 1. The monoisotopic (exact) mass is 158 g/mol. The van der Waals surface area contributed by atoms with E-state index >= 15 is 0 Å². The summed E-state index contributed by atoms with van der Waals surface area (Å²) in [4.78, 5) is 6.21. The quantitative estimate of drug-likeness (QED) is 0.621. The van der Waals surface area contributed by atoms with Gasteiger partial charge in [-0.3, -0.25) is 4.98 Å². The van der Waals surface area contributed by atoms with Gasteiger partial charge in [0.15, 0.2) is 0 Å². The number of anilines is 1. The molecule has 0 aliphatic carbocycles. The van der Waals surface area contributed by atoms with E-state index in [1.165, 1.54) is 0 Å². The van der Waals surface area contributed by atoms with Crippen LogP contribution in [0.15, 0.2) is 49.0 Å². The standard InChI is InChI=1S/C10H10N2/c1-2-7-12(8-3-1)10-5-4-6-11-9-10/h1-7,9H,8H2. The van der Waals surface area contributed by atoms with Gasteiger partial charge in [0.25, 0.3) is 0 Å². The highest BCUT2D eigenvalue weighted by atomic mass is 15.1. The third-order valence-corrected chi connectivity index (χ3v) is 1.79. The third kappa shape index (κ3) is 1.37. The van der Waals surface area contributed by atoms with E-state index < -0.39 is 0 Å². The molecule has 0 saturated heterocycles. The molecule has 1 aliphatic heterocycles. The highest BCUT2D eigenvalue weighted by molar-refractivity contribution is 5.49. The normalized spacial score (nSPS) is 15.2. The van der Waals surface area contributed by atoms with Crippen molar-refractivity contribution in [2.75, 3.05) is 11.4 Å². The van der Waals surface area contributed by atoms with Crippen molar-refractivity contribution in [1.29, 1.82) is 0 Å². The van der Waals surface area contributed by atoms with Gasteiger partial charge in [-0.05, 0) is 18.2 Å². The van der Waals surface area contributed by atoms with E-state index in [2.05, 4.69) is 28.2 Å². The second-order valence-corrected chi connectivity index (χ2v) is 2.63. The first-order chi connectivity index (χ1) is 5.97. The molecule has 12 heavy (non-hydrogen) atoms. The van der Waals surface area contributed by atoms with Crippen molar-refractivity contribution >= 4 is 5.69 Å². The third-order valence-electron chi connectivity index (χ3n) is 1.79. The fraction of sp³-hybridized carbons (Fsp3) is 0.100. The lowest BCUT2D eigenvalue weighted by atomic mass is 10.3. The molecule has 0 radical (unpaired) electrons. The van der Waals surface area contributed by atoms with E-state index in [0.717, 1.165) is 12.2 Å². The zero-order chi connectivity index (χ0) is 8.23. The summed E-state index contributed by atoms with van der Waals surface area (Å²) in [5.74, 6) is 0. The van der Waals surface area contributed by atoms with Crippen molar-refractivity contribution < 1.29 is 0 Å². The van der Waals surface area contributed by atoms with Gasteiger partial charge in [-0.15, -0.1) is 0 Å². The Balaban J connectivity index is 2.21. The molecule has 0 aromatic carbocycles. The highest BCUT2D eigenvalue weighted by Gasteiger charge is 2.00. The fourth-order valence-corrected chi connectivity index (χ4v) is 1.18. The summed E-state index contributed by atoms with van der Waals surface area (Å²) in [6.45, 7) is 0.933. The average molecular weight is 158 g/mol. The van der Waals surface area contributed by atoms with Crippen LogP contribution in [-0.2, 0) is 0 Å². The molecule has 2 heterocycles. The smallest absolute Gasteiger partial charge is 0.0595 e. The first kappa shape index (κ1) is 7.10. The topological polar surface area (TPSA) is 16.1 Å². The predicted octanol–water partition coefficient (Wildman–Crippen LogP) is 1.97. The summed E-state index contributed by atoms with van der Waals surface area (Å²) < 4.78 is 0. The zero-order valence-corrected chi connectivity index (χ0v) is 6.72. The Bertz CT molecular complexity index is 301. The molecule has 1 aliphatic rings. The first-order valence-corrected chi connectivity index (χ1v) is 3.97. The lowest BCUT2D eigenvalue weighted by Gasteiger charge is -2.19. The average Bonchev–Trinajstić information content (AvgIpc) is 2.21. The van der Waals surface area contributed by atoms with Gasteiger partial charge in [0.05, 0.1) is 11.9 Å². The van der Waals surface area contributed by atoms with Crippen molar-refractivity contribution in [2.24, 2.45) is 0 Å². The predicted molar refractivity (Wildman–Crippen MR) is 49.9 cm³/mol. The molecular formula is C10H10N2. The van der Waals surface area contributed by atoms with E-state index in [1.54, 1.807) is 6.20 Å². The Hall–Kier alpha value is -1.57. The summed E-state index contributed by atoms with van der Waals surface area (Å²) in [6, 6.07) is 4.00. The van der Waals surface area contributed by atoms with E-state index in [-0.39, 0.29) is 0 Å². The minimum absolute atomic E-state index is 0.933. The molecule has 0 bridgehead atoms. The number of allylic oxidation sites excluding steroid dienone is 2. The summed E-state index contributed by atoms with van der Waals surface area (Å²) in [5.41, 5.74) is 1.14. The highest BCUT2D eigenvalue weighted by Crippen LogP contribution is 2.13. The Labute approximate surface area is 71.9 Å². The molecule has 2 nitrogen and oxygen atoms in total. The Morgan fingerprint density at radius 1 is 1.33 bits per heavy atom. The van der Waals surface area contributed by atoms with Crippen LogP contribution in [0, 0.1) is 0 Å². The molecule has 0 saturated carbocycles. The maximum atomic E-state index is 4.06. The Kier molecular flexibility index (Phi) is 1.90. The second-order valence-electron chi connectivity index (χ2n) is 2.63. The number of rotatable bonds is 1. The van der Waals surface area contributed by atoms with Gasteiger partial charge in [0, 0.05) is 18.9 Å². The van der Waals surface area contributed by atoms with Gasteiger partial charge in [0.1, 0.15) is 0 Å². The molecule has 0 fully saturated rings. The van der Waals surface area contributed by atoms with E-state index in [1.807, 2.05) is 24.4 Å². The molecule has 2 rings (SSSR count). The second kappa shape index (κ2) is 3.22. The number of nitrogens with zero attached hydrogens (tertiary/aromatic N) is 2. The van der Waals surface area contributed by atoms with Crippen molar-refractivity contribution in [3.05, 3.63) is 49.0 Å². The molecule has 0 amide bonds. The van der Waals surface area contributed by atoms with Crippen LogP contribution < -0.4 is 4.90 Å². The number of hydrogen-bond acceptors (Lipinski definition) is 2. The molecule has 0 unspecified atom stereocenters. The van der Waals surface area contributed by atoms with Gasteiger partial charge in [-0.2, -0.15) is 0 Å². The van der Waals surface area contributed by atoms with Crippen LogP contribution in [0.5, 0.6) is 0 Å². The van der Waals surface area contributed by atoms with Crippen LogP contribution in [0.1, 0.15) is 0 Å². The lowest BCUT2D eigenvalue weighted by molar-refractivity contribution is 1.06. The molecule has 1 aromatic rings. The summed E-state index contributed by atoms with van der Waals surface area (Å²) in [5, 5.41) is 0. The SMILES string of the molecule is C1=CCN(c2cccnc2)C=C1. The van der Waals surface area contributed by atoms with Crippen molar-refractivity contribution in [2.45, 2.75) is 0 Å². The van der Waals surface area contributed by atoms with E-state index in [0.29, 0.717) is 0 Å². The van der Waals surface area contributed by atoms with E-state index in [4.69, 9.17) is 0 Å². The minimum Gasteiger partial charge on any atom is -0.343 e. The van der Waals surface area contributed by atoms with Gasteiger partial charge < -0.3 is 4.90 Å². The van der Waals surface area contributed by atoms with Crippen molar-refractivity contribution in [3.63, 3.8) is 0 Å². The lowest BCUT2D eigenvalue weighted by Crippen LogP contribution is -2.17. The van der Waals surface area contributed by atoms with Gasteiger partial charge >= 0.3 is 0 Å². The number of pyridine rings is 1. The Morgan fingerprint density at radius 3 is 3.00 bits per heavy atom. The molecule has 0 spiro atoms. The number of hydrogen-bond donors (Lipinski definition) is 0. The maximum Gasteiger partial charge on any atom is 0.0595 e. The zero-order valence-electron chi connectivity index (χ0n) is 6.72. The molecule has 0 N–H and O–H groups in total. The molecule has 2 heteroatoms. The van der Waals surface area contributed by atoms with Gasteiger partial charge in [0.2, 0.25) is 0 Å². The summed E-state index contributed by atoms with van der Waals surface area (Å²) in [6.07, 6.45) is 11.9. The van der Waals surface area contributed by atoms with E-state index in [9.17, 15) is 0 Å². The van der Waals surface area contributed by atoms with Crippen LogP contribution >= 0.6 is 0 Å². The fourth-order valence-electron chi connectivity index (χ4n) is 1.18. The van der Waals surface area contributed by atoms with Gasteiger partial charge in [-0.1, -0.05) is 12.2 Å². The van der Waals surface area contributed by atoms with Crippen LogP contribution in [0.4, 0.5) is 5.69 Å². The van der Waals surface area contributed by atoms with Crippen LogP contribution in [-0.4, -0.2) is 11.5 Å². The largest absolute Gasteiger partial charge is 0.343 e. The minimum atomic E-state index is 0.933. The summed E-state index contributed by atoms with van der Waals surface area (Å²) in [7, 11) is 0. The molecule has 60 valence electrons. The van der Waals surface area contributed by atoms with Crippen molar-refractivity contribution in [3.8, 4) is 0 Å². The molecular weight excluding hydrogens is 148 g/mol. The first-order valence-electron chi connectivity index (χ1n) is 3.97.